The van der Waals surface area contributed by atoms with Crippen LogP contribution in [0.5, 0.6) is 0 Å². The van der Waals surface area contributed by atoms with E-state index in [0.717, 1.165) is 3.97 Å². The summed E-state index contributed by atoms with van der Waals surface area (Å²) in [6.45, 7) is 4.45. The molecule has 1 saturated carbocycles. The van der Waals surface area contributed by atoms with Crippen molar-refractivity contribution in [3.05, 3.63) is 43.0 Å². The quantitative estimate of drug-likeness (QED) is 0.590. The van der Waals surface area contributed by atoms with E-state index in [-0.39, 0.29) is 20.9 Å². The third kappa shape index (κ3) is 4.14. The molecule has 2 rings (SSSR count). The first kappa shape index (κ1) is 13.1. The van der Waals surface area contributed by atoms with Gasteiger partial charge >= 0.3 is 115 Å². The Hall–Kier alpha value is -0.290. The molecule has 0 saturated heterocycles. The summed E-state index contributed by atoms with van der Waals surface area (Å²) in [4.78, 5) is 0. The Labute approximate surface area is 114 Å². The fourth-order valence-electron chi connectivity index (χ4n) is 2.25. The van der Waals surface area contributed by atoms with Crippen LogP contribution in [0.2, 0.25) is 3.97 Å². The molecule has 92 valence electrons. The van der Waals surface area contributed by atoms with E-state index < -0.39 is 0 Å². The fraction of sp³-hybridized carbons (Fsp3) is 0.467. The molecule has 1 aliphatic carbocycles. The first-order chi connectivity index (χ1) is 8.40. The molecule has 0 amide bonds. The van der Waals surface area contributed by atoms with Gasteiger partial charge in [-0.25, -0.2) is 0 Å². The first-order valence-corrected chi connectivity index (χ1v) is 8.85. The van der Waals surface area contributed by atoms with Gasteiger partial charge in [0.1, 0.15) is 0 Å². The van der Waals surface area contributed by atoms with Gasteiger partial charge in [0.2, 0.25) is 0 Å². The SMILES string of the molecule is C=CCO[C@@H]1CCCC[C@H]1[Te]c1ccccc1. The molecule has 1 fully saturated rings. The van der Waals surface area contributed by atoms with Crippen LogP contribution in [0.3, 0.4) is 0 Å². The maximum atomic E-state index is 5.93. The molecular formula is C15H20OTe. The molecule has 0 N–H and O–H groups in total. The topological polar surface area (TPSA) is 9.23 Å². The molecule has 17 heavy (non-hydrogen) atoms. The van der Waals surface area contributed by atoms with E-state index in [9.17, 15) is 0 Å². The van der Waals surface area contributed by atoms with Crippen molar-refractivity contribution in [1.82, 2.24) is 0 Å². The van der Waals surface area contributed by atoms with Gasteiger partial charge in [-0.1, -0.05) is 0 Å². The predicted molar refractivity (Wildman–Crippen MR) is 74.0 cm³/mol. The van der Waals surface area contributed by atoms with Crippen molar-refractivity contribution in [2.45, 2.75) is 35.8 Å². The zero-order chi connectivity index (χ0) is 11.9. The summed E-state index contributed by atoms with van der Waals surface area (Å²) in [5.74, 6) is 0. The minimum absolute atomic E-state index is 0.106. The molecule has 1 aliphatic rings. The summed E-state index contributed by atoms with van der Waals surface area (Å²) >= 11 is -0.106. The van der Waals surface area contributed by atoms with Crippen molar-refractivity contribution in [1.29, 1.82) is 0 Å². The Morgan fingerprint density at radius 2 is 2.00 bits per heavy atom. The fourth-order valence-corrected chi connectivity index (χ4v) is 6.01. The second-order valence-corrected chi connectivity index (χ2v) is 8.16. The first-order valence-electron chi connectivity index (χ1n) is 6.34. The normalized spacial score (nSPS) is 24.5. The van der Waals surface area contributed by atoms with Gasteiger partial charge in [-0.05, 0) is 0 Å². The number of benzene rings is 1. The Morgan fingerprint density at radius 3 is 2.76 bits per heavy atom. The summed E-state index contributed by atoms with van der Waals surface area (Å²) in [5, 5.41) is 0. The van der Waals surface area contributed by atoms with E-state index in [4.69, 9.17) is 4.74 Å². The molecule has 0 aromatic heterocycles. The molecule has 0 bridgehead atoms. The van der Waals surface area contributed by atoms with E-state index in [2.05, 4.69) is 36.9 Å². The number of hydrogen-bond donors (Lipinski definition) is 0. The summed E-state index contributed by atoms with van der Waals surface area (Å²) in [5.41, 5.74) is 0. The van der Waals surface area contributed by atoms with Gasteiger partial charge in [0.15, 0.2) is 0 Å². The average molecular weight is 344 g/mol. The van der Waals surface area contributed by atoms with E-state index in [1.165, 1.54) is 25.7 Å². The van der Waals surface area contributed by atoms with Gasteiger partial charge in [0.05, 0.1) is 0 Å². The molecule has 1 nitrogen and oxygen atoms in total. The summed E-state index contributed by atoms with van der Waals surface area (Å²) < 4.78 is 8.31. The molecule has 0 spiro atoms. The van der Waals surface area contributed by atoms with E-state index in [1.807, 2.05) is 6.08 Å². The van der Waals surface area contributed by atoms with Crippen LogP contribution in [0.15, 0.2) is 43.0 Å². The monoisotopic (exact) mass is 346 g/mol. The third-order valence-electron chi connectivity index (χ3n) is 3.10. The van der Waals surface area contributed by atoms with Crippen molar-refractivity contribution in [3.8, 4) is 0 Å². The zero-order valence-electron chi connectivity index (χ0n) is 10.2. The van der Waals surface area contributed by atoms with Crippen LogP contribution in [-0.2, 0) is 4.74 Å². The van der Waals surface area contributed by atoms with Crippen LogP contribution in [0.4, 0.5) is 0 Å². The van der Waals surface area contributed by atoms with Crippen molar-refractivity contribution in [3.63, 3.8) is 0 Å². The molecule has 0 radical (unpaired) electrons. The van der Waals surface area contributed by atoms with Crippen LogP contribution in [0.1, 0.15) is 25.7 Å². The number of rotatable bonds is 5. The van der Waals surface area contributed by atoms with Crippen molar-refractivity contribution in [2.24, 2.45) is 0 Å². The molecule has 2 atom stereocenters. The van der Waals surface area contributed by atoms with E-state index >= 15 is 0 Å². The Bertz CT molecular complexity index is 336. The van der Waals surface area contributed by atoms with Crippen molar-refractivity contribution < 1.29 is 4.74 Å². The molecule has 0 aliphatic heterocycles. The Balaban J connectivity index is 1.94. The van der Waals surface area contributed by atoms with Gasteiger partial charge in [-0.2, -0.15) is 0 Å². The van der Waals surface area contributed by atoms with Gasteiger partial charge in [-0.15, -0.1) is 0 Å². The maximum absolute atomic E-state index is 5.93. The second-order valence-electron chi connectivity index (χ2n) is 4.41. The van der Waals surface area contributed by atoms with E-state index in [0.29, 0.717) is 12.7 Å². The van der Waals surface area contributed by atoms with Crippen LogP contribution in [0, 0.1) is 0 Å². The van der Waals surface area contributed by atoms with E-state index in [1.54, 1.807) is 3.61 Å². The van der Waals surface area contributed by atoms with Crippen LogP contribution in [-0.4, -0.2) is 33.6 Å². The standard InChI is InChI=1S/C15H20OTe/c1-2-12-16-14-10-6-7-11-15(14)17-13-8-4-3-5-9-13/h2-5,8-9,14-15H,1,6-7,10-12H2/t14-,15-/m1/s1. The second kappa shape index (κ2) is 7.21. The average Bonchev–Trinajstić information content (AvgIpc) is 2.39. The van der Waals surface area contributed by atoms with Crippen LogP contribution in [0.25, 0.3) is 0 Å². The predicted octanol–water partition coefficient (Wildman–Crippen LogP) is 2.95. The van der Waals surface area contributed by atoms with Crippen LogP contribution < -0.4 is 3.61 Å². The molecular weight excluding hydrogens is 324 g/mol. The zero-order valence-corrected chi connectivity index (χ0v) is 12.5. The van der Waals surface area contributed by atoms with Gasteiger partial charge in [0, 0.05) is 0 Å². The van der Waals surface area contributed by atoms with Gasteiger partial charge in [-0.3, -0.25) is 0 Å². The summed E-state index contributed by atoms with van der Waals surface area (Å²) in [6, 6.07) is 11.0. The van der Waals surface area contributed by atoms with Gasteiger partial charge in [0.25, 0.3) is 0 Å². The van der Waals surface area contributed by atoms with Gasteiger partial charge < -0.3 is 0 Å². The number of hydrogen-bond acceptors (Lipinski definition) is 1. The number of ether oxygens (including phenoxy) is 1. The summed E-state index contributed by atoms with van der Waals surface area (Å²) in [6.07, 6.45) is 7.68. The van der Waals surface area contributed by atoms with Crippen molar-refractivity contribution in [2.75, 3.05) is 6.61 Å². The molecule has 2 heteroatoms. The molecule has 1 aromatic carbocycles. The third-order valence-corrected chi connectivity index (χ3v) is 7.06. The molecule has 0 heterocycles. The van der Waals surface area contributed by atoms with Crippen molar-refractivity contribution >= 4 is 24.5 Å². The summed E-state index contributed by atoms with van der Waals surface area (Å²) in [7, 11) is 0. The molecule has 1 aromatic rings. The minimum atomic E-state index is -0.106. The van der Waals surface area contributed by atoms with Crippen LogP contribution >= 0.6 is 0 Å². The Kier molecular flexibility index (Phi) is 5.58. The molecule has 0 unspecified atom stereocenters. The Morgan fingerprint density at radius 1 is 1.24 bits per heavy atom.